The molecule has 1 saturated carbocycles. The van der Waals surface area contributed by atoms with Crippen LogP contribution in [0.25, 0.3) is 0 Å². The summed E-state index contributed by atoms with van der Waals surface area (Å²) in [5.41, 5.74) is 1.18. The van der Waals surface area contributed by atoms with Gasteiger partial charge >= 0.3 is 0 Å². The lowest BCUT2D eigenvalue weighted by Gasteiger charge is -2.33. The molecule has 0 bridgehead atoms. The highest BCUT2D eigenvalue weighted by Gasteiger charge is 2.25. The van der Waals surface area contributed by atoms with Gasteiger partial charge in [-0.15, -0.1) is 0 Å². The Balaban J connectivity index is 1.21. The van der Waals surface area contributed by atoms with Crippen molar-refractivity contribution in [3.8, 4) is 0 Å². The number of benzene rings is 1. The molecule has 7 heteroatoms. The molecule has 1 aromatic heterocycles. The van der Waals surface area contributed by atoms with Crippen LogP contribution < -0.4 is 5.32 Å². The van der Waals surface area contributed by atoms with Gasteiger partial charge in [0.05, 0.1) is 13.1 Å². The minimum absolute atomic E-state index is 0.156. The highest BCUT2D eigenvalue weighted by Crippen LogP contribution is 2.18. The van der Waals surface area contributed by atoms with Crippen LogP contribution in [0.2, 0.25) is 0 Å². The summed E-state index contributed by atoms with van der Waals surface area (Å²) >= 11 is 0. The second-order valence-electron chi connectivity index (χ2n) is 7.16. The van der Waals surface area contributed by atoms with E-state index in [1.165, 1.54) is 5.56 Å². The minimum Gasteiger partial charge on any atom is -0.352 e. The van der Waals surface area contributed by atoms with Gasteiger partial charge in [-0.1, -0.05) is 35.5 Å². The van der Waals surface area contributed by atoms with E-state index in [-0.39, 0.29) is 5.91 Å². The maximum absolute atomic E-state index is 11.9. The Morgan fingerprint density at radius 2 is 1.85 bits per heavy atom. The van der Waals surface area contributed by atoms with Crippen molar-refractivity contribution in [1.29, 1.82) is 0 Å². The molecule has 0 spiro atoms. The highest BCUT2D eigenvalue weighted by molar-refractivity contribution is 5.78. The first kappa shape index (κ1) is 17.2. The van der Waals surface area contributed by atoms with Gasteiger partial charge < -0.3 is 9.84 Å². The average molecular weight is 355 g/mol. The third-order valence-corrected chi connectivity index (χ3v) is 4.85. The third kappa shape index (κ3) is 4.89. The van der Waals surface area contributed by atoms with Crippen molar-refractivity contribution in [2.45, 2.75) is 31.8 Å². The molecular formula is C19H25N5O2. The number of nitrogens with zero attached hydrogens (tertiary/aromatic N) is 4. The molecule has 1 aliphatic heterocycles. The molecule has 1 saturated heterocycles. The first-order valence-electron chi connectivity index (χ1n) is 9.34. The highest BCUT2D eigenvalue weighted by atomic mass is 16.5. The lowest BCUT2D eigenvalue weighted by atomic mass is 10.1. The van der Waals surface area contributed by atoms with Crippen molar-refractivity contribution in [1.82, 2.24) is 25.3 Å². The Labute approximate surface area is 153 Å². The van der Waals surface area contributed by atoms with E-state index < -0.39 is 0 Å². The second kappa shape index (κ2) is 7.97. The zero-order valence-corrected chi connectivity index (χ0v) is 14.9. The van der Waals surface area contributed by atoms with Crippen molar-refractivity contribution >= 4 is 5.91 Å². The molecule has 4 rings (SSSR count). The first-order chi connectivity index (χ1) is 12.7. The molecule has 0 radical (unpaired) electrons. The molecule has 1 aromatic carbocycles. The van der Waals surface area contributed by atoms with Crippen LogP contribution in [0.15, 0.2) is 34.9 Å². The number of rotatable bonds is 7. The fraction of sp³-hybridized carbons (Fsp3) is 0.526. The summed E-state index contributed by atoms with van der Waals surface area (Å²) in [6.07, 6.45) is 2.96. The van der Waals surface area contributed by atoms with E-state index in [4.69, 9.17) is 4.52 Å². The third-order valence-electron chi connectivity index (χ3n) is 4.85. The molecule has 2 aromatic rings. The first-order valence-corrected chi connectivity index (χ1v) is 9.34. The lowest BCUT2D eigenvalue weighted by molar-refractivity contribution is -0.122. The number of piperazine rings is 1. The molecule has 26 heavy (non-hydrogen) atoms. The minimum atomic E-state index is 0.156. The summed E-state index contributed by atoms with van der Waals surface area (Å²) in [6, 6.07) is 10.6. The van der Waals surface area contributed by atoms with E-state index in [2.05, 4.69) is 37.4 Å². The predicted molar refractivity (Wildman–Crippen MR) is 96.4 cm³/mol. The summed E-state index contributed by atoms with van der Waals surface area (Å²) in [4.78, 5) is 20.9. The SMILES string of the molecule is O=C(CN1CCN(Cc2nc(Cc3ccccc3)no2)CC1)NC1CC1. The van der Waals surface area contributed by atoms with Gasteiger partial charge in [-0.05, 0) is 18.4 Å². The fourth-order valence-electron chi connectivity index (χ4n) is 3.21. The maximum atomic E-state index is 11.9. The zero-order valence-electron chi connectivity index (χ0n) is 14.9. The van der Waals surface area contributed by atoms with E-state index in [0.29, 0.717) is 31.4 Å². The van der Waals surface area contributed by atoms with Crippen molar-refractivity contribution in [2.24, 2.45) is 0 Å². The van der Waals surface area contributed by atoms with Gasteiger partial charge in [-0.25, -0.2) is 0 Å². The number of amides is 1. The molecule has 2 fully saturated rings. The molecule has 1 N–H and O–H groups in total. The summed E-state index contributed by atoms with van der Waals surface area (Å²) < 4.78 is 5.40. The van der Waals surface area contributed by atoms with Gasteiger partial charge in [0.15, 0.2) is 5.82 Å². The van der Waals surface area contributed by atoms with Crippen LogP contribution in [0.4, 0.5) is 0 Å². The number of nitrogens with one attached hydrogen (secondary N) is 1. The van der Waals surface area contributed by atoms with Crippen molar-refractivity contribution < 1.29 is 9.32 Å². The monoisotopic (exact) mass is 355 g/mol. The van der Waals surface area contributed by atoms with Gasteiger partial charge in [-0.2, -0.15) is 4.98 Å². The summed E-state index contributed by atoms with van der Waals surface area (Å²) in [5.74, 6) is 1.54. The number of carbonyl (C=O) groups is 1. The van der Waals surface area contributed by atoms with Crippen LogP contribution in [0, 0.1) is 0 Å². The number of hydrogen-bond acceptors (Lipinski definition) is 6. The van der Waals surface area contributed by atoms with Crippen molar-refractivity contribution in [3.63, 3.8) is 0 Å². The van der Waals surface area contributed by atoms with E-state index in [0.717, 1.165) is 44.8 Å². The smallest absolute Gasteiger partial charge is 0.240 e. The van der Waals surface area contributed by atoms with Gasteiger partial charge in [0.1, 0.15) is 0 Å². The fourth-order valence-corrected chi connectivity index (χ4v) is 3.21. The lowest BCUT2D eigenvalue weighted by Crippen LogP contribution is -2.49. The number of carbonyl (C=O) groups excluding carboxylic acids is 1. The molecule has 7 nitrogen and oxygen atoms in total. The summed E-state index contributed by atoms with van der Waals surface area (Å²) in [5, 5.41) is 7.14. The molecule has 1 amide bonds. The zero-order chi connectivity index (χ0) is 17.8. The quantitative estimate of drug-likeness (QED) is 0.800. The Morgan fingerprint density at radius 3 is 2.58 bits per heavy atom. The standard InChI is InChI=1S/C19H25N5O2/c25-18(20-16-6-7-16)13-23-8-10-24(11-9-23)14-19-21-17(22-26-19)12-15-4-2-1-3-5-15/h1-5,16H,6-14H2,(H,20,25). The largest absolute Gasteiger partial charge is 0.352 e. The Kier molecular flexibility index (Phi) is 5.26. The van der Waals surface area contributed by atoms with Gasteiger partial charge in [0, 0.05) is 38.6 Å². The predicted octanol–water partition coefficient (Wildman–Crippen LogP) is 1.06. The topological polar surface area (TPSA) is 74.5 Å². The molecule has 2 heterocycles. The molecule has 0 atom stereocenters. The molecule has 0 unspecified atom stereocenters. The van der Waals surface area contributed by atoms with E-state index in [1.807, 2.05) is 18.2 Å². The van der Waals surface area contributed by atoms with Crippen LogP contribution in [0.1, 0.15) is 30.1 Å². The normalized spacial score (nSPS) is 18.8. The second-order valence-corrected chi connectivity index (χ2v) is 7.16. The number of hydrogen-bond donors (Lipinski definition) is 1. The van der Waals surface area contributed by atoms with Crippen LogP contribution >= 0.6 is 0 Å². The van der Waals surface area contributed by atoms with Crippen molar-refractivity contribution in [2.75, 3.05) is 32.7 Å². The molecule has 1 aliphatic carbocycles. The Bertz CT molecular complexity index is 721. The molecule has 138 valence electrons. The van der Waals surface area contributed by atoms with Crippen LogP contribution in [0.3, 0.4) is 0 Å². The molecular weight excluding hydrogens is 330 g/mol. The van der Waals surface area contributed by atoms with E-state index in [1.54, 1.807) is 0 Å². The van der Waals surface area contributed by atoms with Gasteiger partial charge in [0.25, 0.3) is 0 Å². The Hall–Kier alpha value is -2.25. The van der Waals surface area contributed by atoms with Crippen LogP contribution in [0.5, 0.6) is 0 Å². The molecule has 2 aliphatic rings. The van der Waals surface area contributed by atoms with Crippen LogP contribution in [-0.4, -0.2) is 64.6 Å². The van der Waals surface area contributed by atoms with Crippen LogP contribution in [-0.2, 0) is 17.8 Å². The van der Waals surface area contributed by atoms with Gasteiger partial charge in [0.2, 0.25) is 11.8 Å². The van der Waals surface area contributed by atoms with E-state index >= 15 is 0 Å². The summed E-state index contributed by atoms with van der Waals surface area (Å²) in [7, 11) is 0. The van der Waals surface area contributed by atoms with E-state index in [9.17, 15) is 4.79 Å². The Morgan fingerprint density at radius 1 is 1.12 bits per heavy atom. The maximum Gasteiger partial charge on any atom is 0.240 e. The average Bonchev–Trinajstić information content (AvgIpc) is 3.35. The van der Waals surface area contributed by atoms with Crippen molar-refractivity contribution in [3.05, 3.63) is 47.6 Å². The summed E-state index contributed by atoms with van der Waals surface area (Å²) in [6.45, 7) is 4.78. The number of aromatic nitrogens is 2. The van der Waals surface area contributed by atoms with Gasteiger partial charge in [-0.3, -0.25) is 14.6 Å².